The molecule has 2 aromatic rings. The average Bonchev–Trinajstić information content (AvgIpc) is 2.99. The summed E-state index contributed by atoms with van der Waals surface area (Å²) < 4.78 is 9.91. The van der Waals surface area contributed by atoms with Gasteiger partial charge < -0.3 is 19.8 Å². The maximum absolute atomic E-state index is 11.6. The van der Waals surface area contributed by atoms with Crippen molar-refractivity contribution < 1.29 is 19.1 Å². The van der Waals surface area contributed by atoms with Gasteiger partial charge in [-0.25, -0.2) is 4.79 Å². The number of H-pyrrole nitrogens is 1. The summed E-state index contributed by atoms with van der Waals surface area (Å²) in [7, 11) is 1.54. The van der Waals surface area contributed by atoms with Gasteiger partial charge in [-0.3, -0.25) is 4.79 Å². The van der Waals surface area contributed by atoms with Crippen molar-refractivity contribution in [3.63, 3.8) is 0 Å². The molecule has 0 aliphatic heterocycles. The summed E-state index contributed by atoms with van der Waals surface area (Å²) in [5.74, 6) is -0.361. The Morgan fingerprint density at radius 2 is 2.10 bits per heavy atom. The van der Waals surface area contributed by atoms with Crippen LogP contribution < -0.4 is 10.1 Å². The normalized spacial score (nSPS) is 9.85. The molecule has 0 spiro atoms. The molecule has 0 unspecified atom stereocenters. The topological polar surface area (TPSA) is 80.4 Å². The molecule has 2 N–H and O–H groups in total. The lowest BCUT2D eigenvalue weighted by Crippen LogP contribution is -2.21. The van der Waals surface area contributed by atoms with Gasteiger partial charge in [0, 0.05) is 18.0 Å². The number of methoxy groups -OCH3 is 1. The van der Waals surface area contributed by atoms with Crippen LogP contribution in [0.2, 0.25) is 0 Å². The van der Waals surface area contributed by atoms with E-state index in [-0.39, 0.29) is 6.61 Å². The summed E-state index contributed by atoms with van der Waals surface area (Å²) in [4.78, 5) is 25.9. The summed E-state index contributed by atoms with van der Waals surface area (Å²) in [6, 6.07) is 10.1. The zero-order chi connectivity index (χ0) is 14.4. The molecule has 0 aliphatic rings. The number of aromatic amines is 1. The predicted molar refractivity (Wildman–Crippen MR) is 72.7 cm³/mol. The van der Waals surface area contributed by atoms with Crippen LogP contribution in [0.4, 0.5) is 5.69 Å². The van der Waals surface area contributed by atoms with Gasteiger partial charge in [0.1, 0.15) is 11.4 Å². The summed E-state index contributed by atoms with van der Waals surface area (Å²) in [5, 5.41) is 2.61. The van der Waals surface area contributed by atoms with Gasteiger partial charge in [0.15, 0.2) is 6.61 Å². The van der Waals surface area contributed by atoms with Crippen molar-refractivity contribution in [1.29, 1.82) is 0 Å². The molecular weight excluding hydrogens is 260 g/mol. The number of benzene rings is 1. The number of carbonyl (C=O) groups excluding carboxylic acids is 2. The quantitative estimate of drug-likeness (QED) is 0.815. The van der Waals surface area contributed by atoms with Gasteiger partial charge in [-0.15, -0.1) is 0 Å². The molecule has 1 amide bonds. The minimum atomic E-state index is -0.573. The monoisotopic (exact) mass is 274 g/mol. The maximum atomic E-state index is 11.6. The van der Waals surface area contributed by atoms with Crippen molar-refractivity contribution in [2.75, 3.05) is 19.0 Å². The van der Waals surface area contributed by atoms with E-state index in [4.69, 9.17) is 9.47 Å². The first kappa shape index (κ1) is 13.7. The van der Waals surface area contributed by atoms with Gasteiger partial charge in [0.05, 0.1) is 7.11 Å². The highest BCUT2D eigenvalue weighted by molar-refractivity contribution is 5.94. The second-order valence-corrected chi connectivity index (χ2v) is 3.94. The SMILES string of the molecule is COc1cccc(NC(=O)COC(=O)c2ccc[nH]2)c1. The molecule has 6 nitrogen and oxygen atoms in total. The van der Waals surface area contributed by atoms with Crippen LogP contribution in [0, 0.1) is 0 Å². The van der Waals surface area contributed by atoms with Gasteiger partial charge >= 0.3 is 5.97 Å². The summed E-state index contributed by atoms with van der Waals surface area (Å²) in [6.45, 7) is -0.352. The lowest BCUT2D eigenvalue weighted by Gasteiger charge is -2.07. The van der Waals surface area contributed by atoms with E-state index >= 15 is 0 Å². The van der Waals surface area contributed by atoms with Crippen molar-refractivity contribution in [3.8, 4) is 5.75 Å². The van der Waals surface area contributed by atoms with Crippen molar-refractivity contribution in [2.24, 2.45) is 0 Å². The largest absolute Gasteiger partial charge is 0.497 e. The Labute approximate surface area is 115 Å². The van der Waals surface area contributed by atoms with E-state index in [0.29, 0.717) is 17.1 Å². The average molecular weight is 274 g/mol. The smallest absolute Gasteiger partial charge is 0.355 e. The molecule has 20 heavy (non-hydrogen) atoms. The van der Waals surface area contributed by atoms with Crippen LogP contribution in [0.3, 0.4) is 0 Å². The molecule has 104 valence electrons. The van der Waals surface area contributed by atoms with E-state index in [1.807, 2.05) is 0 Å². The van der Waals surface area contributed by atoms with E-state index in [9.17, 15) is 9.59 Å². The molecule has 2 rings (SSSR count). The number of amides is 1. The fraction of sp³-hybridized carbons (Fsp3) is 0.143. The van der Waals surface area contributed by atoms with Crippen molar-refractivity contribution in [3.05, 3.63) is 48.3 Å². The first-order valence-electron chi connectivity index (χ1n) is 5.93. The molecule has 1 heterocycles. The summed E-state index contributed by atoms with van der Waals surface area (Å²) in [6.07, 6.45) is 1.60. The third kappa shape index (κ3) is 3.61. The predicted octanol–water partition coefficient (Wildman–Crippen LogP) is 1.82. The zero-order valence-electron chi connectivity index (χ0n) is 10.9. The number of aromatic nitrogens is 1. The number of esters is 1. The molecule has 0 radical (unpaired) electrons. The fourth-order valence-corrected chi connectivity index (χ4v) is 1.56. The molecule has 0 atom stereocenters. The Morgan fingerprint density at radius 1 is 1.25 bits per heavy atom. The molecule has 6 heteroatoms. The molecule has 0 aliphatic carbocycles. The third-order valence-electron chi connectivity index (χ3n) is 2.51. The number of rotatable bonds is 5. The Balaban J connectivity index is 1.85. The first-order valence-corrected chi connectivity index (χ1v) is 5.93. The number of nitrogens with one attached hydrogen (secondary N) is 2. The van der Waals surface area contributed by atoms with Crippen molar-refractivity contribution in [2.45, 2.75) is 0 Å². The van der Waals surface area contributed by atoms with Crippen molar-refractivity contribution in [1.82, 2.24) is 4.98 Å². The summed E-state index contributed by atoms with van der Waals surface area (Å²) in [5.41, 5.74) is 0.879. The first-order chi connectivity index (χ1) is 9.69. The van der Waals surface area contributed by atoms with Gasteiger partial charge in [-0.1, -0.05) is 6.07 Å². The van der Waals surface area contributed by atoms with Crippen LogP contribution in [0.25, 0.3) is 0 Å². The molecular formula is C14H14N2O4. The van der Waals surface area contributed by atoms with E-state index in [2.05, 4.69) is 10.3 Å². The minimum absolute atomic E-state index is 0.305. The van der Waals surface area contributed by atoms with Crippen LogP contribution in [-0.2, 0) is 9.53 Å². The van der Waals surface area contributed by atoms with E-state index < -0.39 is 11.9 Å². The second kappa shape index (κ2) is 6.42. The highest BCUT2D eigenvalue weighted by atomic mass is 16.5. The molecule has 0 saturated carbocycles. The second-order valence-electron chi connectivity index (χ2n) is 3.94. The van der Waals surface area contributed by atoms with Gasteiger partial charge in [0.2, 0.25) is 0 Å². The number of ether oxygens (including phenoxy) is 2. The van der Waals surface area contributed by atoms with E-state index in [0.717, 1.165) is 0 Å². The molecule has 0 fully saturated rings. The van der Waals surface area contributed by atoms with Crippen LogP contribution in [0.15, 0.2) is 42.6 Å². The zero-order valence-corrected chi connectivity index (χ0v) is 10.9. The fourth-order valence-electron chi connectivity index (χ4n) is 1.56. The van der Waals surface area contributed by atoms with Crippen LogP contribution in [0.1, 0.15) is 10.5 Å². The highest BCUT2D eigenvalue weighted by Gasteiger charge is 2.10. The number of carbonyl (C=O) groups is 2. The number of hydrogen-bond donors (Lipinski definition) is 2. The standard InChI is InChI=1S/C14H14N2O4/c1-19-11-5-2-4-10(8-11)16-13(17)9-20-14(18)12-6-3-7-15-12/h2-8,15H,9H2,1H3,(H,16,17). The molecule has 1 aromatic heterocycles. The van der Waals surface area contributed by atoms with Crippen LogP contribution >= 0.6 is 0 Å². The minimum Gasteiger partial charge on any atom is -0.497 e. The Kier molecular flexibility index (Phi) is 4.39. The lowest BCUT2D eigenvalue weighted by molar-refractivity contribution is -0.119. The molecule has 0 bridgehead atoms. The van der Waals surface area contributed by atoms with Crippen LogP contribution in [-0.4, -0.2) is 30.6 Å². The van der Waals surface area contributed by atoms with Gasteiger partial charge in [0.25, 0.3) is 5.91 Å². The van der Waals surface area contributed by atoms with Crippen LogP contribution in [0.5, 0.6) is 5.75 Å². The van der Waals surface area contributed by atoms with Crippen molar-refractivity contribution >= 4 is 17.6 Å². The van der Waals surface area contributed by atoms with E-state index in [1.165, 1.54) is 0 Å². The Bertz CT molecular complexity index is 593. The molecule has 0 saturated heterocycles. The van der Waals surface area contributed by atoms with E-state index in [1.54, 1.807) is 49.7 Å². The Hall–Kier alpha value is -2.76. The number of anilines is 1. The maximum Gasteiger partial charge on any atom is 0.355 e. The van der Waals surface area contributed by atoms with Gasteiger partial charge in [-0.2, -0.15) is 0 Å². The Morgan fingerprint density at radius 3 is 2.80 bits per heavy atom. The lowest BCUT2D eigenvalue weighted by atomic mass is 10.3. The van der Waals surface area contributed by atoms with Gasteiger partial charge in [-0.05, 0) is 24.3 Å². The molecule has 1 aromatic carbocycles. The highest BCUT2D eigenvalue weighted by Crippen LogP contribution is 2.16. The number of hydrogen-bond acceptors (Lipinski definition) is 4. The third-order valence-corrected chi connectivity index (χ3v) is 2.51. The summed E-state index contributed by atoms with van der Waals surface area (Å²) >= 11 is 0.